The van der Waals surface area contributed by atoms with Gasteiger partial charge < -0.3 is 5.32 Å². The van der Waals surface area contributed by atoms with E-state index in [-0.39, 0.29) is 5.91 Å². The minimum Gasteiger partial charge on any atom is -0.302 e. The summed E-state index contributed by atoms with van der Waals surface area (Å²) in [5, 5.41) is 3.37. The van der Waals surface area contributed by atoms with Gasteiger partial charge in [0.2, 0.25) is 11.9 Å². The van der Waals surface area contributed by atoms with E-state index in [0.29, 0.717) is 11.2 Å². The van der Waals surface area contributed by atoms with Crippen LogP contribution >= 0.6 is 11.3 Å². The number of likely N-dealkylation sites (tertiary alicyclic amines) is 1. The van der Waals surface area contributed by atoms with Gasteiger partial charge in [-0.1, -0.05) is 11.6 Å². The molecule has 1 aliphatic rings. The number of rotatable bonds is 4. The number of hydrogen-bond donors (Lipinski definition) is 1. The molecular weight excluding hydrogens is 339 g/mol. The lowest BCUT2D eigenvalue weighted by Gasteiger charge is -2.34. The minimum absolute atomic E-state index is 0.0997. The van der Waals surface area contributed by atoms with Crippen molar-refractivity contribution in [2.45, 2.75) is 39.3 Å². The molecule has 1 fully saturated rings. The summed E-state index contributed by atoms with van der Waals surface area (Å²) in [5.41, 5.74) is 2.31. The summed E-state index contributed by atoms with van der Waals surface area (Å²) in [5.74, 6) is -0.550. The Morgan fingerprint density at radius 1 is 1.44 bits per heavy atom. The topological polar surface area (TPSA) is 58.1 Å². The van der Waals surface area contributed by atoms with E-state index in [0.717, 1.165) is 36.4 Å². The number of hydrogen-bond acceptors (Lipinski definition) is 5. The summed E-state index contributed by atoms with van der Waals surface area (Å²) in [6, 6.07) is 3.56. The Kier molecular flexibility index (Phi) is 5.55. The summed E-state index contributed by atoms with van der Waals surface area (Å²) in [6.07, 6.45) is 7.48. The van der Waals surface area contributed by atoms with Crippen molar-refractivity contribution in [2.24, 2.45) is 0 Å². The highest BCUT2D eigenvalue weighted by atomic mass is 32.1. The average Bonchev–Trinajstić information content (AvgIpc) is 2.98. The molecule has 1 amide bonds. The van der Waals surface area contributed by atoms with Crippen LogP contribution in [0, 0.1) is 5.95 Å². The van der Waals surface area contributed by atoms with Crippen LogP contribution in [-0.2, 0) is 11.3 Å². The number of nitrogens with one attached hydrogen (secondary N) is 1. The third-order valence-electron chi connectivity index (χ3n) is 4.22. The monoisotopic (exact) mass is 360 g/mol. The van der Waals surface area contributed by atoms with Crippen LogP contribution in [0.5, 0.6) is 0 Å². The van der Waals surface area contributed by atoms with E-state index in [9.17, 15) is 9.18 Å². The zero-order valence-electron chi connectivity index (χ0n) is 14.3. The molecule has 0 spiro atoms. The molecule has 25 heavy (non-hydrogen) atoms. The van der Waals surface area contributed by atoms with Gasteiger partial charge in [0.1, 0.15) is 0 Å². The van der Waals surface area contributed by atoms with Crippen LogP contribution in [0.2, 0.25) is 0 Å². The highest BCUT2D eigenvalue weighted by Gasteiger charge is 2.22. The summed E-state index contributed by atoms with van der Waals surface area (Å²) < 4.78 is 12.9. The molecule has 0 saturated carbocycles. The zero-order valence-corrected chi connectivity index (χ0v) is 15.1. The summed E-state index contributed by atoms with van der Waals surface area (Å²) in [7, 11) is 0. The van der Waals surface area contributed by atoms with Crippen molar-refractivity contribution in [3.05, 3.63) is 46.5 Å². The van der Waals surface area contributed by atoms with Gasteiger partial charge in [0, 0.05) is 43.3 Å². The second-order valence-electron chi connectivity index (χ2n) is 6.30. The Morgan fingerprint density at radius 3 is 2.96 bits per heavy atom. The normalized spacial score (nSPS) is 20.0. The summed E-state index contributed by atoms with van der Waals surface area (Å²) in [6.45, 7) is 5.50. The standard InChI is InChI=1S/C18H21FN4OS/c1-12-7-14(8-15-3-4-17(19)20-9-15)5-6-23(12)11-16-10-21-18(25-16)22-13(2)24/h3-4,8-10,12H,5-7,11H2,1-2H3,(H,21,22,24)/b14-8-/t12-/m0/s1. The van der Waals surface area contributed by atoms with Crippen molar-refractivity contribution in [1.82, 2.24) is 14.9 Å². The molecule has 3 heterocycles. The first-order valence-corrected chi connectivity index (χ1v) is 9.08. The van der Waals surface area contributed by atoms with Crippen LogP contribution in [0.25, 0.3) is 6.08 Å². The van der Waals surface area contributed by atoms with Crippen molar-refractivity contribution in [2.75, 3.05) is 11.9 Å². The maximum atomic E-state index is 12.9. The Hall–Kier alpha value is -2.12. The summed E-state index contributed by atoms with van der Waals surface area (Å²) in [4.78, 5) is 22.6. The van der Waals surface area contributed by atoms with Gasteiger partial charge >= 0.3 is 0 Å². The quantitative estimate of drug-likeness (QED) is 0.845. The lowest BCUT2D eigenvalue weighted by atomic mass is 9.96. The molecule has 0 aromatic carbocycles. The van der Waals surface area contributed by atoms with E-state index in [1.165, 1.54) is 29.9 Å². The second-order valence-corrected chi connectivity index (χ2v) is 7.42. The van der Waals surface area contributed by atoms with Crippen molar-refractivity contribution < 1.29 is 9.18 Å². The molecule has 132 valence electrons. The molecule has 0 unspecified atom stereocenters. The molecule has 0 bridgehead atoms. The Bertz CT molecular complexity index is 772. The predicted molar refractivity (Wildman–Crippen MR) is 97.7 cm³/mol. The maximum Gasteiger partial charge on any atom is 0.223 e. The maximum absolute atomic E-state index is 12.9. The van der Waals surface area contributed by atoms with E-state index >= 15 is 0 Å². The van der Waals surface area contributed by atoms with Gasteiger partial charge in [-0.05, 0) is 37.5 Å². The number of aromatic nitrogens is 2. The molecule has 2 aromatic rings. The van der Waals surface area contributed by atoms with Crippen molar-refractivity contribution >= 4 is 28.5 Å². The van der Waals surface area contributed by atoms with Crippen LogP contribution in [0.3, 0.4) is 0 Å². The smallest absolute Gasteiger partial charge is 0.223 e. The molecule has 5 nitrogen and oxygen atoms in total. The average molecular weight is 360 g/mol. The van der Waals surface area contributed by atoms with Crippen LogP contribution in [0.15, 0.2) is 30.1 Å². The number of carbonyl (C=O) groups is 1. The molecular formula is C18H21FN4OS. The fourth-order valence-corrected chi connectivity index (χ4v) is 3.87. The fraction of sp³-hybridized carbons (Fsp3) is 0.389. The van der Waals surface area contributed by atoms with Gasteiger partial charge in [-0.25, -0.2) is 9.97 Å². The van der Waals surface area contributed by atoms with Gasteiger partial charge in [-0.3, -0.25) is 9.69 Å². The van der Waals surface area contributed by atoms with Gasteiger partial charge in [-0.2, -0.15) is 4.39 Å². The Labute approximate surface area is 150 Å². The largest absolute Gasteiger partial charge is 0.302 e. The molecule has 1 aliphatic heterocycles. The fourth-order valence-electron chi connectivity index (χ4n) is 2.98. The molecule has 3 rings (SSSR count). The number of anilines is 1. The Morgan fingerprint density at radius 2 is 2.28 bits per heavy atom. The van der Waals surface area contributed by atoms with Crippen LogP contribution in [0.4, 0.5) is 9.52 Å². The van der Waals surface area contributed by atoms with Gasteiger partial charge in [0.25, 0.3) is 0 Å². The third kappa shape index (κ3) is 4.93. The number of pyridine rings is 1. The van der Waals surface area contributed by atoms with Crippen LogP contribution in [0.1, 0.15) is 37.1 Å². The summed E-state index contributed by atoms with van der Waals surface area (Å²) >= 11 is 1.52. The molecule has 1 saturated heterocycles. The number of thiazole rings is 1. The zero-order chi connectivity index (χ0) is 17.8. The van der Waals surface area contributed by atoms with E-state index in [1.54, 1.807) is 12.3 Å². The number of nitrogens with zero attached hydrogens (tertiary/aromatic N) is 3. The number of halogens is 1. The van der Waals surface area contributed by atoms with Crippen molar-refractivity contribution in [3.63, 3.8) is 0 Å². The number of piperidine rings is 1. The van der Waals surface area contributed by atoms with E-state index in [1.807, 2.05) is 6.20 Å². The van der Waals surface area contributed by atoms with Crippen LogP contribution in [-0.4, -0.2) is 33.4 Å². The van der Waals surface area contributed by atoms with Crippen molar-refractivity contribution in [3.8, 4) is 0 Å². The molecule has 0 radical (unpaired) electrons. The predicted octanol–water partition coefficient (Wildman–Crippen LogP) is 3.70. The lowest BCUT2D eigenvalue weighted by molar-refractivity contribution is -0.114. The molecule has 1 N–H and O–H groups in total. The van der Waals surface area contributed by atoms with Gasteiger partial charge in [-0.15, -0.1) is 11.3 Å². The van der Waals surface area contributed by atoms with E-state index in [4.69, 9.17) is 0 Å². The molecule has 2 aromatic heterocycles. The van der Waals surface area contributed by atoms with E-state index in [2.05, 4.69) is 33.2 Å². The third-order valence-corrected chi connectivity index (χ3v) is 5.12. The highest BCUT2D eigenvalue weighted by molar-refractivity contribution is 7.15. The minimum atomic E-state index is -0.450. The molecule has 7 heteroatoms. The SMILES string of the molecule is CC(=O)Nc1ncc(CN2CC/C(=C/c3ccc(F)nc3)C[C@@H]2C)s1. The molecule has 1 atom stereocenters. The van der Waals surface area contributed by atoms with Gasteiger partial charge in [0.05, 0.1) is 0 Å². The lowest BCUT2D eigenvalue weighted by Crippen LogP contribution is -2.37. The Balaban J connectivity index is 1.59. The van der Waals surface area contributed by atoms with Gasteiger partial charge in [0.15, 0.2) is 5.13 Å². The van der Waals surface area contributed by atoms with Crippen molar-refractivity contribution in [1.29, 1.82) is 0 Å². The molecule has 0 aliphatic carbocycles. The van der Waals surface area contributed by atoms with Crippen LogP contribution < -0.4 is 5.32 Å². The highest BCUT2D eigenvalue weighted by Crippen LogP contribution is 2.27. The first-order valence-electron chi connectivity index (χ1n) is 8.27. The number of carbonyl (C=O) groups excluding carboxylic acids is 1. The second kappa shape index (κ2) is 7.84. The first kappa shape index (κ1) is 17.7. The van der Waals surface area contributed by atoms with E-state index < -0.39 is 5.95 Å². The first-order chi connectivity index (χ1) is 12.0. The number of amides is 1.